The summed E-state index contributed by atoms with van der Waals surface area (Å²) in [7, 11) is 1.59. The first-order chi connectivity index (χ1) is 10.6. The number of rotatable bonds is 10. The van der Waals surface area contributed by atoms with Crippen LogP contribution < -0.4 is 5.32 Å². The van der Waals surface area contributed by atoms with Gasteiger partial charge in [-0.25, -0.2) is 0 Å². The molecule has 0 saturated carbocycles. The number of phenols is 1. The second-order valence-electron chi connectivity index (χ2n) is 4.64. The predicted octanol–water partition coefficient (Wildman–Crippen LogP) is 0.741. The van der Waals surface area contributed by atoms with Crippen LogP contribution in [0.15, 0.2) is 23.4 Å². The van der Waals surface area contributed by atoms with E-state index in [1.807, 2.05) is 0 Å². The number of benzene rings is 1. The summed E-state index contributed by atoms with van der Waals surface area (Å²) < 4.78 is 0. The van der Waals surface area contributed by atoms with Crippen LogP contribution in [0.2, 0.25) is 0 Å². The molecule has 0 saturated heterocycles. The minimum atomic E-state index is -0.920. The molecule has 7 nitrogen and oxygen atoms in total. The number of aryl methyl sites for hydroxylation is 1. The molecule has 0 aromatic heterocycles. The zero-order chi connectivity index (χ0) is 16.4. The van der Waals surface area contributed by atoms with E-state index in [0.717, 1.165) is 5.56 Å². The van der Waals surface area contributed by atoms with E-state index in [1.54, 1.807) is 25.2 Å². The van der Waals surface area contributed by atoms with E-state index in [2.05, 4.69) is 15.3 Å². The molecule has 1 aromatic carbocycles. The molecule has 3 N–H and O–H groups in total. The van der Waals surface area contributed by atoms with Crippen molar-refractivity contribution in [3.05, 3.63) is 29.3 Å². The van der Waals surface area contributed by atoms with Crippen LogP contribution in [0, 0.1) is 0 Å². The summed E-state index contributed by atoms with van der Waals surface area (Å²) in [5.74, 6) is -0.765. The van der Waals surface area contributed by atoms with Crippen LogP contribution in [-0.2, 0) is 27.3 Å². The Labute approximate surface area is 128 Å². The van der Waals surface area contributed by atoms with Gasteiger partial charge in [0.25, 0.3) is 0 Å². The Balaban J connectivity index is 2.63. The average molecular weight is 308 g/mol. The fraction of sp³-hybridized carbons (Fsp3) is 0.400. The van der Waals surface area contributed by atoms with E-state index in [4.69, 9.17) is 5.11 Å². The van der Waals surface area contributed by atoms with Crippen LogP contribution in [0.25, 0.3) is 0 Å². The lowest BCUT2D eigenvalue weighted by Crippen LogP contribution is -2.35. The molecule has 0 radical (unpaired) electrons. The van der Waals surface area contributed by atoms with Gasteiger partial charge in [-0.05, 0) is 43.5 Å². The smallest absolute Gasteiger partial charge is 0.321 e. The summed E-state index contributed by atoms with van der Waals surface area (Å²) in [6, 6.07) is 4.37. The molecule has 22 heavy (non-hydrogen) atoms. The Kier molecular flexibility index (Phi) is 7.63. The fourth-order valence-electron chi connectivity index (χ4n) is 1.91. The molecule has 1 atom stereocenters. The van der Waals surface area contributed by atoms with E-state index in [9.17, 15) is 14.7 Å². The quantitative estimate of drug-likeness (QED) is 0.255. The number of aliphatic carboxylic acids is 1. The highest BCUT2D eigenvalue weighted by atomic mass is 16.6. The molecule has 0 heterocycles. The molecule has 7 heteroatoms. The number of nitrogens with zero attached hydrogens (tertiary/aromatic N) is 1. The monoisotopic (exact) mass is 308 g/mol. The van der Waals surface area contributed by atoms with Gasteiger partial charge in [0, 0.05) is 6.21 Å². The lowest BCUT2D eigenvalue weighted by molar-refractivity contribution is -0.139. The topological polar surface area (TPSA) is 108 Å². The average Bonchev–Trinajstić information content (AvgIpc) is 2.50. The van der Waals surface area contributed by atoms with Crippen molar-refractivity contribution in [2.75, 3.05) is 13.7 Å². The van der Waals surface area contributed by atoms with E-state index in [1.165, 1.54) is 6.21 Å². The molecular weight excluding hydrogens is 288 g/mol. The minimum Gasteiger partial charge on any atom is -0.508 e. The van der Waals surface area contributed by atoms with Crippen molar-refractivity contribution in [1.29, 1.82) is 0 Å². The predicted molar refractivity (Wildman–Crippen MR) is 81.1 cm³/mol. The summed E-state index contributed by atoms with van der Waals surface area (Å²) in [4.78, 5) is 25.7. The van der Waals surface area contributed by atoms with Crippen molar-refractivity contribution in [1.82, 2.24) is 5.32 Å². The Morgan fingerprint density at radius 3 is 2.91 bits per heavy atom. The number of carboxylic acid groups (broad SMARTS) is 1. The third-order valence-corrected chi connectivity index (χ3v) is 3.06. The van der Waals surface area contributed by atoms with Gasteiger partial charge in [0.1, 0.15) is 11.8 Å². The first-order valence-corrected chi connectivity index (χ1v) is 6.86. The van der Waals surface area contributed by atoms with Crippen molar-refractivity contribution in [3.8, 4) is 5.75 Å². The maximum atomic E-state index is 11.0. The first kappa shape index (κ1) is 17.6. The molecule has 0 aliphatic rings. The highest BCUT2D eigenvalue weighted by Gasteiger charge is 2.15. The van der Waals surface area contributed by atoms with Crippen LogP contribution >= 0.6 is 0 Å². The normalized spacial score (nSPS) is 12.2. The Morgan fingerprint density at radius 2 is 2.27 bits per heavy atom. The molecule has 120 valence electrons. The number of phenolic OH excluding ortho intramolecular Hbond substituents is 1. The van der Waals surface area contributed by atoms with E-state index in [0.29, 0.717) is 31.1 Å². The molecular formula is C15H20N2O5. The van der Waals surface area contributed by atoms with Gasteiger partial charge >= 0.3 is 5.97 Å². The molecule has 0 unspecified atom stereocenters. The van der Waals surface area contributed by atoms with E-state index in [-0.39, 0.29) is 12.4 Å². The third-order valence-electron chi connectivity index (χ3n) is 3.06. The van der Waals surface area contributed by atoms with Crippen LogP contribution in [0.4, 0.5) is 0 Å². The molecule has 0 bridgehead atoms. The maximum Gasteiger partial charge on any atom is 0.321 e. The number of carbonyl (C=O) groups excluding carboxylic acids is 1. The SMILES string of the molecule is CN[C@@H](Cc1ccc(O)c(CC/C=N/OCC=O)c1)C(=O)O. The highest BCUT2D eigenvalue weighted by molar-refractivity contribution is 5.73. The van der Waals surface area contributed by atoms with Crippen LogP contribution in [0.3, 0.4) is 0 Å². The minimum absolute atomic E-state index is 0.0855. The lowest BCUT2D eigenvalue weighted by atomic mass is 10.0. The Morgan fingerprint density at radius 1 is 1.50 bits per heavy atom. The van der Waals surface area contributed by atoms with Crippen LogP contribution in [0.1, 0.15) is 17.5 Å². The molecule has 1 aromatic rings. The molecule has 0 amide bonds. The van der Waals surface area contributed by atoms with Crippen molar-refractivity contribution in [3.63, 3.8) is 0 Å². The van der Waals surface area contributed by atoms with Crippen LogP contribution in [0.5, 0.6) is 5.75 Å². The van der Waals surface area contributed by atoms with Crippen molar-refractivity contribution >= 4 is 18.5 Å². The van der Waals surface area contributed by atoms with Gasteiger partial charge in [0.2, 0.25) is 0 Å². The van der Waals surface area contributed by atoms with Gasteiger partial charge in [-0.2, -0.15) is 0 Å². The van der Waals surface area contributed by atoms with Gasteiger partial charge in [-0.1, -0.05) is 17.3 Å². The zero-order valence-electron chi connectivity index (χ0n) is 12.4. The summed E-state index contributed by atoms with van der Waals surface area (Å²) >= 11 is 0. The second kappa shape index (κ2) is 9.51. The number of nitrogens with one attached hydrogen (secondary N) is 1. The number of carbonyl (C=O) groups is 2. The summed E-state index contributed by atoms with van der Waals surface area (Å²) in [5.41, 5.74) is 1.53. The number of hydrogen-bond donors (Lipinski definition) is 3. The number of likely N-dealkylation sites (N-methyl/N-ethyl adjacent to an activating group) is 1. The second-order valence-corrected chi connectivity index (χ2v) is 4.64. The standard InChI is InChI=1S/C15H20N2O5/c1-16-13(15(20)21)10-11-4-5-14(19)12(9-11)3-2-6-17-22-8-7-18/h4-7,9,13,16,19H,2-3,8,10H2,1H3,(H,20,21)/b17-6+/t13-/m0/s1. The number of carboxylic acids is 1. The maximum absolute atomic E-state index is 11.0. The zero-order valence-corrected chi connectivity index (χ0v) is 12.4. The number of aromatic hydroxyl groups is 1. The number of aldehydes is 1. The van der Waals surface area contributed by atoms with Crippen molar-refractivity contribution < 1.29 is 24.6 Å². The Hall–Kier alpha value is -2.41. The van der Waals surface area contributed by atoms with E-state index < -0.39 is 12.0 Å². The molecule has 1 rings (SSSR count). The summed E-state index contributed by atoms with van der Waals surface area (Å²) in [5, 5.41) is 25.2. The highest BCUT2D eigenvalue weighted by Crippen LogP contribution is 2.20. The Bertz CT molecular complexity index is 531. The number of hydrogen-bond acceptors (Lipinski definition) is 6. The van der Waals surface area contributed by atoms with Gasteiger partial charge in [0.05, 0.1) is 0 Å². The third kappa shape index (κ3) is 5.92. The van der Waals surface area contributed by atoms with Gasteiger partial charge in [-0.15, -0.1) is 0 Å². The molecule has 0 aliphatic carbocycles. The lowest BCUT2D eigenvalue weighted by Gasteiger charge is -2.12. The molecule has 0 fully saturated rings. The molecule has 0 spiro atoms. The summed E-state index contributed by atoms with van der Waals surface area (Å²) in [6.07, 6.45) is 3.52. The van der Waals surface area contributed by atoms with Gasteiger partial charge < -0.3 is 20.4 Å². The largest absolute Gasteiger partial charge is 0.508 e. The van der Waals surface area contributed by atoms with Gasteiger partial charge in [-0.3, -0.25) is 9.59 Å². The fourth-order valence-corrected chi connectivity index (χ4v) is 1.91. The van der Waals surface area contributed by atoms with E-state index >= 15 is 0 Å². The van der Waals surface area contributed by atoms with Crippen molar-refractivity contribution in [2.45, 2.75) is 25.3 Å². The first-order valence-electron chi connectivity index (χ1n) is 6.86. The van der Waals surface area contributed by atoms with Crippen LogP contribution in [-0.4, -0.2) is 48.4 Å². The molecule has 0 aliphatic heterocycles. The number of oxime groups is 1. The van der Waals surface area contributed by atoms with Crippen molar-refractivity contribution in [2.24, 2.45) is 5.16 Å². The summed E-state index contributed by atoms with van der Waals surface area (Å²) in [6.45, 7) is -0.0855. The van der Waals surface area contributed by atoms with Gasteiger partial charge in [0.15, 0.2) is 12.9 Å².